The van der Waals surface area contributed by atoms with Crippen LogP contribution in [0.1, 0.15) is 11.3 Å². The van der Waals surface area contributed by atoms with E-state index in [0.717, 1.165) is 23.2 Å². The van der Waals surface area contributed by atoms with E-state index in [2.05, 4.69) is 21.2 Å². The number of rotatable bonds is 5. The predicted octanol–water partition coefficient (Wildman–Crippen LogP) is 3.08. The molecule has 0 radical (unpaired) electrons. The van der Waals surface area contributed by atoms with Crippen LogP contribution in [0.25, 0.3) is 0 Å². The van der Waals surface area contributed by atoms with Crippen molar-refractivity contribution in [1.29, 1.82) is 0 Å². The minimum Gasteiger partial charge on any atom is -0.508 e. The number of phenols is 1. The standard InChI is InChI=1S/C13H14BrNO2/c14-12-6-8-17-13(12)9-15-7-5-10-1-3-11(16)4-2-10/h1-4,6,8,15-16H,5,7,9H2. The Hall–Kier alpha value is -1.26. The summed E-state index contributed by atoms with van der Waals surface area (Å²) in [6.45, 7) is 1.59. The molecule has 0 atom stereocenters. The van der Waals surface area contributed by atoms with Gasteiger partial charge in [-0.1, -0.05) is 12.1 Å². The number of hydrogen-bond donors (Lipinski definition) is 2. The first kappa shape index (κ1) is 12.2. The van der Waals surface area contributed by atoms with Crippen LogP contribution in [-0.4, -0.2) is 11.7 Å². The molecule has 17 heavy (non-hydrogen) atoms. The van der Waals surface area contributed by atoms with E-state index in [1.54, 1.807) is 18.4 Å². The molecule has 0 aliphatic carbocycles. The van der Waals surface area contributed by atoms with Gasteiger partial charge in [0.15, 0.2) is 0 Å². The summed E-state index contributed by atoms with van der Waals surface area (Å²) in [5.41, 5.74) is 1.20. The SMILES string of the molecule is Oc1ccc(CCNCc2occc2Br)cc1. The third kappa shape index (κ3) is 3.61. The normalized spacial score (nSPS) is 10.6. The monoisotopic (exact) mass is 295 g/mol. The molecule has 0 fully saturated rings. The Balaban J connectivity index is 1.73. The summed E-state index contributed by atoms with van der Waals surface area (Å²) in [5.74, 6) is 1.22. The van der Waals surface area contributed by atoms with E-state index in [1.807, 2.05) is 18.2 Å². The lowest BCUT2D eigenvalue weighted by molar-refractivity contribution is 0.474. The third-order valence-corrected chi connectivity index (χ3v) is 3.21. The van der Waals surface area contributed by atoms with Crippen LogP contribution >= 0.6 is 15.9 Å². The van der Waals surface area contributed by atoms with Gasteiger partial charge in [0.2, 0.25) is 0 Å². The van der Waals surface area contributed by atoms with Crippen LogP contribution in [0.5, 0.6) is 5.75 Å². The molecule has 1 aromatic carbocycles. The molecule has 2 N–H and O–H groups in total. The lowest BCUT2D eigenvalue weighted by atomic mass is 10.1. The maximum absolute atomic E-state index is 9.15. The van der Waals surface area contributed by atoms with E-state index < -0.39 is 0 Å². The fourth-order valence-corrected chi connectivity index (χ4v) is 1.89. The van der Waals surface area contributed by atoms with Crippen molar-refractivity contribution in [1.82, 2.24) is 5.32 Å². The maximum Gasteiger partial charge on any atom is 0.131 e. The predicted molar refractivity (Wildman–Crippen MR) is 69.9 cm³/mol. The minimum absolute atomic E-state index is 0.307. The summed E-state index contributed by atoms with van der Waals surface area (Å²) < 4.78 is 6.28. The number of nitrogens with one attached hydrogen (secondary N) is 1. The topological polar surface area (TPSA) is 45.4 Å². The molecule has 1 aromatic heterocycles. The Labute approximate surface area is 109 Å². The van der Waals surface area contributed by atoms with Crippen molar-refractivity contribution >= 4 is 15.9 Å². The molecule has 1 heterocycles. The lowest BCUT2D eigenvalue weighted by Crippen LogP contribution is -2.16. The molecule has 0 amide bonds. The van der Waals surface area contributed by atoms with E-state index in [4.69, 9.17) is 9.52 Å². The smallest absolute Gasteiger partial charge is 0.131 e. The van der Waals surface area contributed by atoms with Gasteiger partial charge in [-0.2, -0.15) is 0 Å². The van der Waals surface area contributed by atoms with Crippen molar-refractivity contribution in [2.24, 2.45) is 0 Å². The molecule has 4 heteroatoms. The molecule has 0 bridgehead atoms. The summed E-state index contributed by atoms with van der Waals surface area (Å²) in [6, 6.07) is 9.16. The summed E-state index contributed by atoms with van der Waals surface area (Å²) >= 11 is 3.41. The van der Waals surface area contributed by atoms with Crippen molar-refractivity contribution in [2.45, 2.75) is 13.0 Å². The zero-order valence-electron chi connectivity index (χ0n) is 9.32. The van der Waals surface area contributed by atoms with Crippen LogP contribution < -0.4 is 5.32 Å². The number of halogens is 1. The summed E-state index contributed by atoms with van der Waals surface area (Å²) in [4.78, 5) is 0. The second kappa shape index (κ2) is 5.89. The molecular formula is C13H14BrNO2. The molecule has 90 valence electrons. The van der Waals surface area contributed by atoms with Crippen molar-refractivity contribution in [3.63, 3.8) is 0 Å². The average Bonchev–Trinajstić information content (AvgIpc) is 2.73. The Morgan fingerprint density at radius 1 is 1.18 bits per heavy atom. The first-order valence-electron chi connectivity index (χ1n) is 5.46. The van der Waals surface area contributed by atoms with Gasteiger partial charge in [-0.15, -0.1) is 0 Å². The van der Waals surface area contributed by atoms with E-state index in [1.165, 1.54) is 5.56 Å². The van der Waals surface area contributed by atoms with Crippen molar-refractivity contribution < 1.29 is 9.52 Å². The molecule has 0 spiro atoms. The highest BCUT2D eigenvalue weighted by atomic mass is 79.9. The fraction of sp³-hybridized carbons (Fsp3) is 0.231. The molecule has 2 rings (SSSR count). The molecule has 3 nitrogen and oxygen atoms in total. The molecular weight excluding hydrogens is 282 g/mol. The van der Waals surface area contributed by atoms with Gasteiger partial charge < -0.3 is 14.8 Å². The van der Waals surface area contributed by atoms with Gasteiger partial charge in [-0.3, -0.25) is 0 Å². The van der Waals surface area contributed by atoms with Gasteiger partial charge in [-0.25, -0.2) is 0 Å². The number of aromatic hydroxyl groups is 1. The summed E-state index contributed by atoms with van der Waals surface area (Å²) in [5, 5.41) is 12.5. The minimum atomic E-state index is 0.307. The van der Waals surface area contributed by atoms with Crippen LogP contribution in [0.3, 0.4) is 0 Å². The molecule has 0 unspecified atom stereocenters. The van der Waals surface area contributed by atoms with Crippen molar-refractivity contribution in [3.05, 3.63) is 52.4 Å². The number of phenolic OH excluding ortho intramolecular Hbond substituents is 1. The van der Waals surface area contributed by atoms with Crippen LogP contribution in [0.4, 0.5) is 0 Å². The first-order valence-corrected chi connectivity index (χ1v) is 6.25. The molecule has 0 aliphatic rings. The van der Waals surface area contributed by atoms with Crippen LogP contribution in [0.15, 0.2) is 45.5 Å². The van der Waals surface area contributed by atoms with Gasteiger partial charge in [0.05, 0.1) is 17.3 Å². The number of furan rings is 1. The van der Waals surface area contributed by atoms with Crippen LogP contribution in [-0.2, 0) is 13.0 Å². The molecule has 2 aromatic rings. The highest BCUT2D eigenvalue weighted by Gasteiger charge is 2.01. The lowest BCUT2D eigenvalue weighted by Gasteiger charge is -2.04. The van der Waals surface area contributed by atoms with Crippen LogP contribution in [0, 0.1) is 0 Å². The fourth-order valence-electron chi connectivity index (χ4n) is 1.55. The van der Waals surface area contributed by atoms with Crippen molar-refractivity contribution in [3.8, 4) is 5.75 Å². The average molecular weight is 296 g/mol. The van der Waals surface area contributed by atoms with Gasteiger partial charge in [0.25, 0.3) is 0 Å². The zero-order chi connectivity index (χ0) is 12.1. The van der Waals surface area contributed by atoms with Gasteiger partial charge >= 0.3 is 0 Å². The molecule has 0 saturated carbocycles. The largest absolute Gasteiger partial charge is 0.508 e. The Bertz CT molecular complexity index is 465. The summed E-state index contributed by atoms with van der Waals surface area (Å²) in [7, 11) is 0. The highest BCUT2D eigenvalue weighted by Crippen LogP contribution is 2.16. The Kier molecular flexibility index (Phi) is 4.23. The second-order valence-corrected chi connectivity index (χ2v) is 4.64. The molecule has 0 aliphatic heterocycles. The zero-order valence-corrected chi connectivity index (χ0v) is 10.9. The second-order valence-electron chi connectivity index (χ2n) is 3.78. The molecule has 0 saturated heterocycles. The van der Waals surface area contributed by atoms with Gasteiger partial charge in [-0.05, 0) is 52.7 Å². The third-order valence-electron chi connectivity index (χ3n) is 2.50. The number of hydrogen-bond acceptors (Lipinski definition) is 3. The van der Waals surface area contributed by atoms with Crippen molar-refractivity contribution in [2.75, 3.05) is 6.54 Å². The van der Waals surface area contributed by atoms with Gasteiger partial charge in [0.1, 0.15) is 11.5 Å². The van der Waals surface area contributed by atoms with E-state index >= 15 is 0 Å². The van der Waals surface area contributed by atoms with Gasteiger partial charge in [0, 0.05) is 0 Å². The first-order chi connectivity index (χ1) is 8.25. The Morgan fingerprint density at radius 2 is 1.94 bits per heavy atom. The maximum atomic E-state index is 9.15. The number of benzene rings is 1. The quantitative estimate of drug-likeness (QED) is 0.833. The Morgan fingerprint density at radius 3 is 2.59 bits per heavy atom. The van der Waals surface area contributed by atoms with Crippen LogP contribution in [0.2, 0.25) is 0 Å². The highest BCUT2D eigenvalue weighted by molar-refractivity contribution is 9.10. The van der Waals surface area contributed by atoms with E-state index in [9.17, 15) is 0 Å². The van der Waals surface area contributed by atoms with E-state index in [-0.39, 0.29) is 0 Å². The summed E-state index contributed by atoms with van der Waals surface area (Å²) in [6.07, 6.45) is 2.60. The van der Waals surface area contributed by atoms with E-state index in [0.29, 0.717) is 12.3 Å².